The highest BCUT2D eigenvalue weighted by molar-refractivity contribution is 7.10. The van der Waals surface area contributed by atoms with Crippen LogP contribution in [0.15, 0.2) is 30.2 Å². The van der Waals surface area contributed by atoms with Gasteiger partial charge in [0.25, 0.3) is 0 Å². The zero-order valence-corrected chi connectivity index (χ0v) is 11.2. The molecule has 0 saturated carbocycles. The summed E-state index contributed by atoms with van der Waals surface area (Å²) in [6.45, 7) is 8.29. The lowest BCUT2D eigenvalue weighted by molar-refractivity contribution is 0.402. The first kappa shape index (κ1) is 13.5. The third-order valence-corrected chi connectivity index (χ3v) is 3.93. The van der Waals surface area contributed by atoms with E-state index in [-0.39, 0.29) is 0 Å². The van der Waals surface area contributed by atoms with Gasteiger partial charge in [-0.15, -0.1) is 17.9 Å². The zero-order chi connectivity index (χ0) is 11.8. The van der Waals surface area contributed by atoms with Crippen LogP contribution in [0.25, 0.3) is 0 Å². The van der Waals surface area contributed by atoms with Crippen LogP contribution < -0.4 is 5.32 Å². The van der Waals surface area contributed by atoms with Crippen molar-refractivity contribution in [3.8, 4) is 0 Å². The molecule has 0 bridgehead atoms. The van der Waals surface area contributed by atoms with Crippen LogP contribution in [0.1, 0.15) is 50.4 Å². The summed E-state index contributed by atoms with van der Waals surface area (Å²) in [4.78, 5) is 1.46. The van der Waals surface area contributed by atoms with Crippen molar-refractivity contribution in [3.63, 3.8) is 0 Å². The minimum atomic E-state index is 0.523. The van der Waals surface area contributed by atoms with Crippen LogP contribution >= 0.6 is 11.3 Å². The molecule has 0 aliphatic carbocycles. The summed E-state index contributed by atoms with van der Waals surface area (Å²) in [5.74, 6) is 0. The molecule has 2 heteroatoms. The summed E-state index contributed by atoms with van der Waals surface area (Å²) >= 11 is 1.85. The summed E-state index contributed by atoms with van der Waals surface area (Å²) < 4.78 is 0. The van der Waals surface area contributed by atoms with Gasteiger partial charge in [0.1, 0.15) is 0 Å². The van der Waals surface area contributed by atoms with E-state index in [2.05, 4.69) is 43.3 Å². The molecular weight excluding hydrogens is 214 g/mol. The molecule has 0 aliphatic heterocycles. The second-order valence-corrected chi connectivity index (χ2v) is 5.09. The van der Waals surface area contributed by atoms with Gasteiger partial charge in [-0.25, -0.2) is 0 Å². The van der Waals surface area contributed by atoms with Crippen LogP contribution in [0, 0.1) is 0 Å². The van der Waals surface area contributed by atoms with Crippen molar-refractivity contribution in [2.45, 2.75) is 51.6 Å². The minimum Gasteiger partial charge on any atom is -0.306 e. The van der Waals surface area contributed by atoms with Gasteiger partial charge in [0.15, 0.2) is 0 Å². The minimum absolute atomic E-state index is 0.523. The molecule has 0 saturated heterocycles. The Morgan fingerprint density at radius 1 is 1.44 bits per heavy atom. The molecule has 0 amide bonds. The topological polar surface area (TPSA) is 12.0 Å². The van der Waals surface area contributed by atoms with Gasteiger partial charge in [-0.3, -0.25) is 0 Å². The second-order valence-electron chi connectivity index (χ2n) is 4.11. The van der Waals surface area contributed by atoms with Crippen LogP contribution in [-0.2, 0) is 0 Å². The van der Waals surface area contributed by atoms with E-state index in [0.717, 1.165) is 12.8 Å². The van der Waals surface area contributed by atoms with E-state index < -0.39 is 0 Å². The predicted octanol–water partition coefficient (Wildman–Crippen LogP) is 4.53. The fourth-order valence-corrected chi connectivity index (χ4v) is 2.77. The van der Waals surface area contributed by atoms with E-state index in [0.29, 0.717) is 12.1 Å². The van der Waals surface area contributed by atoms with Gasteiger partial charge in [-0.2, -0.15) is 0 Å². The van der Waals surface area contributed by atoms with Crippen molar-refractivity contribution in [2.24, 2.45) is 0 Å². The summed E-state index contributed by atoms with van der Waals surface area (Å²) in [5, 5.41) is 5.91. The largest absolute Gasteiger partial charge is 0.306 e. The van der Waals surface area contributed by atoms with Gasteiger partial charge in [-0.1, -0.05) is 26.0 Å². The van der Waals surface area contributed by atoms with E-state index in [1.807, 2.05) is 17.4 Å². The summed E-state index contributed by atoms with van der Waals surface area (Å²) in [7, 11) is 0. The van der Waals surface area contributed by atoms with E-state index in [1.165, 1.54) is 17.7 Å². The van der Waals surface area contributed by atoms with Crippen LogP contribution in [-0.4, -0.2) is 6.04 Å². The monoisotopic (exact) mass is 237 g/mol. The third kappa shape index (κ3) is 4.11. The molecule has 0 aliphatic rings. The Morgan fingerprint density at radius 3 is 2.75 bits per heavy atom. The summed E-state index contributed by atoms with van der Waals surface area (Å²) in [6.07, 6.45) is 6.66. The normalized spacial score (nSPS) is 14.6. The number of thiophene rings is 1. The lowest BCUT2D eigenvalue weighted by atomic mass is 10.1. The molecule has 90 valence electrons. The Bertz CT molecular complexity index is 279. The Balaban J connectivity index is 2.50. The molecule has 2 unspecified atom stereocenters. The van der Waals surface area contributed by atoms with Crippen molar-refractivity contribution in [3.05, 3.63) is 35.0 Å². The van der Waals surface area contributed by atoms with Gasteiger partial charge < -0.3 is 5.32 Å². The lowest BCUT2D eigenvalue weighted by Gasteiger charge is -2.23. The molecule has 16 heavy (non-hydrogen) atoms. The molecule has 0 fully saturated rings. The molecule has 1 nitrogen and oxygen atoms in total. The molecule has 1 N–H and O–H groups in total. The van der Waals surface area contributed by atoms with Gasteiger partial charge in [0.2, 0.25) is 0 Å². The Kier molecular flexibility index (Phi) is 6.43. The molecule has 2 atom stereocenters. The van der Waals surface area contributed by atoms with Crippen LogP contribution in [0.5, 0.6) is 0 Å². The maximum absolute atomic E-state index is 3.79. The summed E-state index contributed by atoms with van der Waals surface area (Å²) in [6, 6.07) is 5.50. The summed E-state index contributed by atoms with van der Waals surface area (Å²) in [5.41, 5.74) is 0. The molecule has 1 rings (SSSR count). The highest BCUT2D eigenvalue weighted by Crippen LogP contribution is 2.23. The molecule has 0 spiro atoms. The van der Waals surface area contributed by atoms with Gasteiger partial charge in [0.05, 0.1) is 0 Å². The van der Waals surface area contributed by atoms with Gasteiger partial charge >= 0.3 is 0 Å². The SMILES string of the molecule is C=CCCC(CC)NC(CC)c1cccs1. The van der Waals surface area contributed by atoms with Crippen LogP contribution in [0.2, 0.25) is 0 Å². The molecular formula is C14H23NS. The first-order chi connectivity index (χ1) is 7.81. The highest BCUT2D eigenvalue weighted by atomic mass is 32.1. The molecule has 1 aromatic rings. The Hall–Kier alpha value is -0.600. The fraction of sp³-hybridized carbons (Fsp3) is 0.571. The van der Waals surface area contributed by atoms with E-state index in [9.17, 15) is 0 Å². The van der Waals surface area contributed by atoms with Crippen molar-refractivity contribution < 1.29 is 0 Å². The van der Waals surface area contributed by atoms with Gasteiger partial charge in [0, 0.05) is 17.0 Å². The Labute approximate surface area is 104 Å². The first-order valence-corrected chi connectivity index (χ1v) is 7.10. The molecule has 0 aromatic carbocycles. The van der Waals surface area contributed by atoms with Crippen molar-refractivity contribution >= 4 is 11.3 Å². The van der Waals surface area contributed by atoms with E-state index >= 15 is 0 Å². The number of nitrogens with one attached hydrogen (secondary N) is 1. The van der Waals surface area contributed by atoms with Crippen LogP contribution in [0.3, 0.4) is 0 Å². The van der Waals surface area contributed by atoms with Gasteiger partial charge in [-0.05, 0) is 37.1 Å². The lowest BCUT2D eigenvalue weighted by Crippen LogP contribution is -2.31. The van der Waals surface area contributed by atoms with Crippen molar-refractivity contribution in [2.75, 3.05) is 0 Å². The Morgan fingerprint density at radius 2 is 2.25 bits per heavy atom. The van der Waals surface area contributed by atoms with Crippen LogP contribution in [0.4, 0.5) is 0 Å². The first-order valence-electron chi connectivity index (χ1n) is 6.22. The predicted molar refractivity (Wildman–Crippen MR) is 74.0 cm³/mol. The van der Waals surface area contributed by atoms with Crippen molar-refractivity contribution in [1.29, 1.82) is 0 Å². The molecule has 1 heterocycles. The standard InChI is InChI=1S/C14H23NS/c1-4-7-9-12(5-2)15-13(6-3)14-10-8-11-16-14/h4,8,10-13,15H,1,5-7,9H2,2-3H3. The number of allylic oxidation sites excluding steroid dienone is 1. The number of hydrogen-bond acceptors (Lipinski definition) is 2. The number of rotatable bonds is 8. The highest BCUT2D eigenvalue weighted by Gasteiger charge is 2.14. The van der Waals surface area contributed by atoms with E-state index in [1.54, 1.807) is 0 Å². The van der Waals surface area contributed by atoms with Crippen molar-refractivity contribution in [1.82, 2.24) is 5.32 Å². The average Bonchev–Trinajstić information content (AvgIpc) is 2.83. The number of hydrogen-bond donors (Lipinski definition) is 1. The van der Waals surface area contributed by atoms with E-state index in [4.69, 9.17) is 0 Å². The third-order valence-electron chi connectivity index (χ3n) is 2.94. The fourth-order valence-electron chi connectivity index (χ4n) is 1.90. The maximum Gasteiger partial charge on any atom is 0.0414 e. The smallest absolute Gasteiger partial charge is 0.0414 e. The molecule has 1 aromatic heterocycles. The second kappa shape index (κ2) is 7.64. The zero-order valence-electron chi connectivity index (χ0n) is 10.4. The average molecular weight is 237 g/mol. The maximum atomic E-state index is 3.79. The molecule has 0 radical (unpaired) electrons. The quantitative estimate of drug-likeness (QED) is 0.655.